The second-order valence-electron chi connectivity index (χ2n) is 2.86. The Labute approximate surface area is 94.1 Å². The molecular formula is C9H7BrN2O3. The number of aliphatic imine (C=N–C) groups is 1. The van der Waals surface area contributed by atoms with E-state index >= 15 is 0 Å². The molecule has 1 atom stereocenters. The van der Waals surface area contributed by atoms with Crippen molar-refractivity contribution in [2.24, 2.45) is 4.99 Å². The molecule has 0 aromatic heterocycles. The smallest absolute Gasteiger partial charge is 0.258 e. The van der Waals surface area contributed by atoms with E-state index in [2.05, 4.69) is 20.9 Å². The van der Waals surface area contributed by atoms with Crippen LogP contribution in [0.4, 0.5) is 5.69 Å². The Balaban J connectivity index is 3.18. The quantitative estimate of drug-likeness (QED) is 0.367. The molecular weight excluding hydrogens is 264 g/mol. The molecule has 5 nitrogen and oxygen atoms in total. The monoisotopic (exact) mass is 270 g/mol. The van der Waals surface area contributed by atoms with Gasteiger partial charge in [0.05, 0.1) is 15.4 Å². The van der Waals surface area contributed by atoms with Gasteiger partial charge in [0.1, 0.15) is 0 Å². The van der Waals surface area contributed by atoms with Crippen molar-refractivity contribution in [3.05, 3.63) is 38.3 Å². The van der Waals surface area contributed by atoms with E-state index in [0.717, 1.165) is 0 Å². The fourth-order valence-corrected chi connectivity index (χ4v) is 1.47. The Kier molecular flexibility index (Phi) is 3.71. The van der Waals surface area contributed by atoms with Crippen LogP contribution in [0.1, 0.15) is 18.5 Å². The van der Waals surface area contributed by atoms with Crippen molar-refractivity contribution in [2.45, 2.75) is 13.0 Å². The second kappa shape index (κ2) is 4.82. The van der Waals surface area contributed by atoms with Gasteiger partial charge < -0.3 is 0 Å². The lowest BCUT2D eigenvalue weighted by molar-refractivity contribution is -0.385. The summed E-state index contributed by atoms with van der Waals surface area (Å²) in [5, 5.41) is 10.6. The van der Waals surface area contributed by atoms with E-state index in [1.165, 1.54) is 12.1 Å². The van der Waals surface area contributed by atoms with Gasteiger partial charge >= 0.3 is 0 Å². The largest absolute Gasteiger partial charge is 0.283 e. The second-order valence-corrected chi connectivity index (χ2v) is 3.72. The first-order valence-corrected chi connectivity index (χ1v) is 4.86. The van der Waals surface area contributed by atoms with E-state index in [1.54, 1.807) is 19.1 Å². The van der Waals surface area contributed by atoms with Gasteiger partial charge in [0.2, 0.25) is 6.08 Å². The van der Waals surface area contributed by atoms with E-state index in [1.807, 2.05) is 0 Å². The number of nitro groups is 1. The Morgan fingerprint density at radius 2 is 2.27 bits per heavy atom. The van der Waals surface area contributed by atoms with E-state index in [-0.39, 0.29) is 5.69 Å². The van der Waals surface area contributed by atoms with Gasteiger partial charge in [-0.3, -0.25) is 10.1 Å². The summed E-state index contributed by atoms with van der Waals surface area (Å²) < 4.78 is 0.401. The number of hydrogen-bond acceptors (Lipinski definition) is 4. The van der Waals surface area contributed by atoms with Crippen LogP contribution in [-0.2, 0) is 4.79 Å². The van der Waals surface area contributed by atoms with Gasteiger partial charge in [-0.1, -0.05) is 6.07 Å². The average molecular weight is 271 g/mol. The highest BCUT2D eigenvalue weighted by Crippen LogP contribution is 2.28. The molecule has 1 aromatic rings. The molecule has 15 heavy (non-hydrogen) atoms. The van der Waals surface area contributed by atoms with Gasteiger partial charge in [0.15, 0.2) is 0 Å². The lowest BCUT2D eigenvalue weighted by Crippen LogP contribution is -1.94. The van der Waals surface area contributed by atoms with Crippen LogP contribution in [0.2, 0.25) is 0 Å². The minimum atomic E-state index is -0.495. The number of halogens is 1. The molecule has 1 aromatic carbocycles. The summed E-state index contributed by atoms with van der Waals surface area (Å²) in [5.74, 6) is 0. The van der Waals surface area contributed by atoms with Crippen LogP contribution in [0.3, 0.4) is 0 Å². The summed E-state index contributed by atoms with van der Waals surface area (Å²) in [6.45, 7) is 1.66. The van der Waals surface area contributed by atoms with E-state index < -0.39 is 11.0 Å². The third-order valence-corrected chi connectivity index (χ3v) is 2.57. The molecule has 0 aliphatic rings. The van der Waals surface area contributed by atoms with Crippen LogP contribution in [0.25, 0.3) is 0 Å². The Hall–Kier alpha value is -1.52. The van der Waals surface area contributed by atoms with E-state index in [0.29, 0.717) is 10.0 Å². The van der Waals surface area contributed by atoms with Crippen LogP contribution >= 0.6 is 15.9 Å². The number of nitro benzene ring substituents is 1. The number of nitrogens with zero attached hydrogens (tertiary/aromatic N) is 2. The van der Waals surface area contributed by atoms with Gasteiger partial charge in [-0.05, 0) is 34.5 Å². The maximum absolute atomic E-state index is 10.6. The molecule has 0 N–H and O–H groups in total. The summed E-state index contributed by atoms with van der Waals surface area (Å²) in [6.07, 6.45) is 1.42. The third kappa shape index (κ3) is 2.71. The van der Waals surface area contributed by atoms with Gasteiger partial charge in [-0.25, -0.2) is 4.79 Å². The van der Waals surface area contributed by atoms with Crippen LogP contribution in [-0.4, -0.2) is 11.0 Å². The van der Waals surface area contributed by atoms with Crippen molar-refractivity contribution in [3.8, 4) is 0 Å². The summed E-state index contributed by atoms with van der Waals surface area (Å²) in [5.41, 5.74) is 0.564. The summed E-state index contributed by atoms with van der Waals surface area (Å²) in [6, 6.07) is 4.19. The Morgan fingerprint density at radius 3 is 2.80 bits per heavy atom. The first kappa shape index (κ1) is 11.6. The van der Waals surface area contributed by atoms with Crippen molar-refractivity contribution in [2.75, 3.05) is 0 Å². The van der Waals surface area contributed by atoms with Crippen LogP contribution in [0.5, 0.6) is 0 Å². The highest BCUT2D eigenvalue weighted by Gasteiger charge is 2.14. The molecule has 0 radical (unpaired) electrons. The van der Waals surface area contributed by atoms with E-state index in [9.17, 15) is 14.9 Å². The number of rotatable bonds is 3. The molecule has 0 fully saturated rings. The average Bonchev–Trinajstić information content (AvgIpc) is 2.18. The minimum Gasteiger partial charge on any atom is -0.258 e. The Morgan fingerprint density at radius 1 is 1.60 bits per heavy atom. The van der Waals surface area contributed by atoms with Crippen molar-refractivity contribution in [1.29, 1.82) is 0 Å². The molecule has 0 saturated carbocycles. The predicted octanol–water partition coefficient (Wildman–Crippen LogP) is 2.75. The zero-order valence-corrected chi connectivity index (χ0v) is 9.39. The maximum atomic E-state index is 10.6. The molecule has 0 aliphatic carbocycles. The highest BCUT2D eigenvalue weighted by molar-refractivity contribution is 9.10. The molecule has 1 rings (SSSR count). The van der Waals surface area contributed by atoms with Crippen molar-refractivity contribution in [3.63, 3.8) is 0 Å². The normalized spacial score (nSPS) is 11.6. The summed E-state index contributed by atoms with van der Waals surface area (Å²) in [7, 11) is 0. The fraction of sp³-hybridized carbons (Fsp3) is 0.222. The molecule has 0 heterocycles. The van der Waals surface area contributed by atoms with Crippen molar-refractivity contribution >= 4 is 27.7 Å². The highest BCUT2D eigenvalue weighted by atomic mass is 79.9. The van der Waals surface area contributed by atoms with Gasteiger partial charge in [-0.2, -0.15) is 4.99 Å². The predicted molar refractivity (Wildman–Crippen MR) is 57.3 cm³/mol. The summed E-state index contributed by atoms with van der Waals surface area (Å²) >= 11 is 3.07. The van der Waals surface area contributed by atoms with Gasteiger partial charge in [0, 0.05) is 6.07 Å². The molecule has 0 aliphatic heterocycles. The number of carbonyl (C=O) groups excluding carboxylic acids is 1. The lowest BCUT2D eigenvalue weighted by atomic mass is 10.1. The van der Waals surface area contributed by atoms with Gasteiger partial charge in [-0.15, -0.1) is 0 Å². The van der Waals surface area contributed by atoms with Crippen LogP contribution < -0.4 is 0 Å². The van der Waals surface area contributed by atoms with Crippen LogP contribution in [0, 0.1) is 10.1 Å². The summed E-state index contributed by atoms with van der Waals surface area (Å²) in [4.78, 5) is 23.6. The zero-order chi connectivity index (χ0) is 11.4. The van der Waals surface area contributed by atoms with Crippen LogP contribution in [0.15, 0.2) is 27.7 Å². The molecule has 78 valence electrons. The molecule has 0 spiro atoms. The molecule has 6 heteroatoms. The molecule has 0 bridgehead atoms. The fourth-order valence-electron chi connectivity index (χ4n) is 1.08. The molecule has 0 saturated heterocycles. The number of isocyanates is 1. The van der Waals surface area contributed by atoms with Crippen molar-refractivity contribution < 1.29 is 9.72 Å². The number of hydrogen-bond donors (Lipinski definition) is 0. The van der Waals surface area contributed by atoms with Gasteiger partial charge in [0.25, 0.3) is 5.69 Å². The number of benzene rings is 1. The zero-order valence-electron chi connectivity index (χ0n) is 7.81. The maximum Gasteiger partial charge on any atom is 0.283 e. The Bertz CT molecular complexity index is 441. The standard InChI is InChI=1S/C9H7BrN2O3/c1-6(11-5-13)7-2-3-8(10)9(4-7)12(14)15/h2-4,6H,1H3. The first-order chi connectivity index (χ1) is 7.06. The third-order valence-electron chi connectivity index (χ3n) is 1.90. The lowest BCUT2D eigenvalue weighted by Gasteiger charge is -2.04. The first-order valence-electron chi connectivity index (χ1n) is 4.07. The molecule has 0 amide bonds. The van der Waals surface area contributed by atoms with E-state index in [4.69, 9.17) is 0 Å². The molecule has 1 unspecified atom stereocenters. The van der Waals surface area contributed by atoms with Crippen molar-refractivity contribution in [1.82, 2.24) is 0 Å². The SMILES string of the molecule is CC(N=C=O)c1ccc(Br)c([N+](=O)[O-])c1. The minimum absolute atomic E-state index is 0.0413. The topological polar surface area (TPSA) is 72.6 Å².